The Balaban J connectivity index is 2.56. The first-order valence-corrected chi connectivity index (χ1v) is 6.29. The normalized spacial score (nSPS) is 14.1. The molecule has 0 fully saturated rings. The minimum absolute atomic E-state index is 0.299. The largest absolute Gasteiger partial charge is 0.373 e. The van der Waals surface area contributed by atoms with E-state index < -0.39 is 25.0 Å². The molecule has 0 saturated heterocycles. The van der Waals surface area contributed by atoms with Crippen molar-refractivity contribution in [2.45, 2.75) is 31.9 Å². The first-order valence-electron chi connectivity index (χ1n) is 5.50. The van der Waals surface area contributed by atoms with Gasteiger partial charge < -0.3 is 10.5 Å². The number of hydrogen-bond donors (Lipinski definition) is 1. The molecule has 0 aromatic carbocycles. The molecule has 1 aromatic heterocycles. The van der Waals surface area contributed by atoms with Gasteiger partial charge in [0.15, 0.2) is 0 Å². The first kappa shape index (κ1) is 16.4. The number of ether oxygens (including phenoxy) is 1. The molecule has 1 rings (SSSR count). The first-order chi connectivity index (χ1) is 8.79. The number of aromatic nitrogens is 2. The highest BCUT2D eigenvalue weighted by molar-refractivity contribution is 9.10. The van der Waals surface area contributed by atoms with E-state index in [0.717, 1.165) is 0 Å². The van der Waals surface area contributed by atoms with E-state index in [1.165, 1.54) is 6.20 Å². The monoisotopic (exact) mass is 347 g/mol. The van der Waals surface area contributed by atoms with E-state index in [9.17, 15) is 17.6 Å². The molecule has 0 amide bonds. The van der Waals surface area contributed by atoms with Gasteiger partial charge in [-0.05, 0) is 22.9 Å². The van der Waals surface area contributed by atoms with Crippen molar-refractivity contribution in [2.75, 3.05) is 13.2 Å². The average molecular weight is 348 g/mol. The molecule has 0 aliphatic rings. The summed E-state index contributed by atoms with van der Waals surface area (Å²) in [7, 11) is 0. The van der Waals surface area contributed by atoms with Crippen molar-refractivity contribution in [3.05, 3.63) is 16.4 Å². The lowest BCUT2D eigenvalue weighted by Crippen LogP contribution is -2.34. The van der Waals surface area contributed by atoms with Gasteiger partial charge in [0.05, 0.1) is 29.0 Å². The van der Waals surface area contributed by atoms with Crippen molar-refractivity contribution in [2.24, 2.45) is 5.73 Å². The van der Waals surface area contributed by atoms with Crippen LogP contribution in [0.5, 0.6) is 0 Å². The SMILES string of the molecule is CCn1ncc(Br)c1C(N)COCC(F)(F)C(F)F. The number of rotatable bonds is 7. The molecular weight excluding hydrogens is 334 g/mol. The van der Waals surface area contributed by atoms with Gasteiger partial charge in [0.25, 0.3) is 0 Å². The Kier molecular flexibility index (Phi) is 5.75. The van der Waals surface area contributed by atoms with Gasteiger partial charge in [0.2, 0.25) is 0 Å². The smallest absolute Gasteiger partial charge is 0.330 e. The summed E-state index contributed by atoms with van der Waals surface area (Å²) in [5.41, 5.74) is 6.35. The Morgan fingerprint density at radius 2 is 2.16 bits per heavy atom. The number of halogens is 5. The standard InChI is InChI=1S/C10H14BrF4N3O/c1-2-18-8(6(11)3-17-18)7(16)4-19-5-10(14,15)9(12)13/h3,7,9H,2,4-5,16H2,1H3. The molecule has 0 radical (unpaired) electrons. The lowest BCUT2D eigenvalue weighted by Gasteiger charge is -2.18. The Labute approximate surface area is 116 Å². The van der Waals surface area contributed by atoms with Crippen molar-refractivity contribution in [1.29, 1.82) is 0 Å². The minimum Gasteiger partial charge on any atom is -0.373 e. The zero-order chi connectivity index (χ0) is 14.6. The highest BCUT2D eigenvalue weighted by atomic mass is 79.9. The van der Waals surface area contributed by atoms with Crippen LogP contribution in [0.2, 0.25) is 0 Å². The number of aryl methyl sites for hydroxylation is 1. The second kappa shape index (κ2) is 6.67. The summed E-state index contributed by atoms with van der Waals surface area (Å²) >= 11 is 3.23. The van der Waals surface area contributed by atoms with Gasteiger partial charge in [-0.25, -0.2) is 8.78 Å². The summed E-state index contributed by atoms with van der Waals surface area (Å²) in [6, 6.07) is -0.731. The van der Waals surface area contributed by atoms with Crippen molar-refractivity contribution in [3.63, 3.8) is 0 Å². The van der Waals surface area contributed by atoms with E-state index >= 15 is 0 Å². The zero-order valence-corrected chi connectivity index (χ0v) is 11.7. The van der Waals surface area contributed by atoms with Crippen LogP contribution in [0.3, 0.4) is 0 Å². The lowest BCUT2D eigenvalue weighted by atomic mass is 10.2. The number of hydrogen-bond acceptors (Lipinski definition) is 3. The molecule has 1 atom stereocenters. The lowest BCUT2D eigenvalue weighted by molar-refractivity contribution is -0.166. The van der Waals surface area contributed by atoms with E-state index in [1.807, 2.05) is 6.92 Å². The van der Waals surface area contributed by atoms with Crippen LogP contribution in [0, 0.1) is 0 Å². The fourth-order valence-corrected chi connectivity index (χ4v) is 2.05. The predicted octanol–water partition coefficient (Wildman–Crippen LogP) is 2.58. The molecule has 0 bridgehead atoms. The summed E-state index contributed by atoms with van der Waals surface area (Å²) in [5.74, 6) is -4.16. The van der Waals surface area contributed by atoms with Gasteiger partial charge in [0.1, 0.15) is 6.61 Å². The van der Waals surface area contributed by atoms with Gasteiger partial charge in [-0.1, -0.05) is 0 Å². The molecule has 1 heterocycles. The third-order valence-corrected chi connectivity index (χ3v) is 3.01. The maximum absolute atomic E-state index is 12.6. The summed E-state index contributed by atoms with van der Waals surface area (Å²) in [4.78, 5) is 0. The Morgan fingerprint density at radius 1 is 1.53 bits per heavy atom. The van der Waals surface area contributed by atoms with E-state index in [0.29, 0.717) is 16.7 Å². The van der Waals surface area contributed by atoms with E-state index in [-0.39, 0.29) is 6.61 Å². The molecular formula is C10H14BrF4N3O. The highest BCUT2D eigenvalue weighted by Gasteiger charge is 2.41. The minimum atomic E-state index is -4.16. The van der Waals surface area contributed by atoms with Crippen LogP contribution >= 0.6 is 15.9 Å². The third kappa shape index (κ3) is 4.15. The third-order valence-electron chi connectivity index (χ3n) is 2.40. The fourth-order valence-electron chi connectivity index (χ4n) is 1.46. The number of alkyl halides is 4. The van der Waals surface area contributed by atoms with E-state index in [2.05, 4.69) is 25.8 Å². The topological polar surface area (TPSA) is 53.1 Å². The van der Waals surface area contributed by atoms with Gasteiger partial charge in [-0.2, -0.15) is 13.9 Å². The second-order valence-electron chi connectivity index (χ2n) is 3.88. The van der Waals surface area contributed by atoms with Gasteiger partial charge in [0, 0.05) is 6.54 Å². The van der Waals surface area contributed by atoms with Crippen molar-refractivity contribution < 1.29 is 22.3 Å². The van der Waals surface area contributed by atoms with E-state index in [1.54, 1.807) is 4.68 Å². The van der Waals surface area contributed by atoms with Crippen LogP contribution in [0.15, 0.2) is 10.7 Å². The summed E-state index contributed by atoms with van der Waals surface area (Å²) < 4.78 is 55.8. The number of nitrogens with zero attached hydrogens (tertiary/aromatic N) is 2. The Morgan fingerprint density at radius 3 is 2.68 bits per heavy atom. The van der Waals surface area contributed by atoms with Crippen molar-refractivity contribution >= 4 is 15.9 Å². The molecule has 19 heavy (non-hydrogen) atoms. The Hall–Kier alpha value is -0.670. The maximum Gasteiger partial charge on any atom is 0.330 e. The molecule has 1 unspecified atom stereocenters. The van der Waals surface area contributed by atoms with Crippen LogP contribution in [0.1, 0.15) is 18.7 Å². The fraction of sp³-hybridized carbons (Fsp3) is 0.700. The molecule has 0 aliphatic heterocycles. The van der Waals surface area contributed by atoms with Crippen LogP contribution in [-0.4, -0.2) is 35.3 Å². The summed E-state index contributed by atoms with van der Waals surface area (Å²) in [6.07, 6.45) is -2.23. The summed E-state index contributed by atoms with van der Waals surface area (Å²) in [5, 5.41) is 4.01. The Bertz CT molecular complexity index is 413. The molecule has 4 nitrogen and oxygen atoms in total. The number of nitrogens with two attached hydrogens (primary N) is 1. The van der Waals surface area contributed by atoms with E-state index in [4.69, 9.17) is 5.73 Å². The van der Waals surface area contributed by atoms with Crippen LogP contribution in [-0.2, 0) is 11.3 Å². The maximum atomic E-state index is 12.6. The molecule has 9 heteroatoms. The molecule has 0 aliphatic carbocycles. The summed E-state index contributed by atoms with van der Waals surface area (Å²) in [6.45, 7) is 0.714. The predicted molar refractivity (Wildman–Crippen MR) is 64.3 cm³/mol. The molecule has 0 saturated carbocycles. The van der Waals surface area contributed by atoms with Gasteiger partial charge in [-0.15, -0.1) is 0 Å². The van der Waals surface area contributed by atoms with Crippen LogP contribution in [0.25, 0.3) is 0 Å². The zero-order valence-electron chi connectivity index (χ0n) is 10.1. The second-order valence-corrected chi connectivity index (χ2v) is 4.73. The van der Waals surface area contributed by atoms with Crippen molar-refractivity contribution in [1.82, 2.24) is 9.78 Å². The van der Waals surface area contributed by atoms with Crippen LogP contribution < -0.4 is 5.73 Å². The average Bonchev–Trinajstić information content (AvgIpc) is 2.69. The molecule has 110 valence electrons. The van der Waals surface area contributed by atoms with Crippen LogP contribution in [0.4, 0.5) is 17.6 Å². The molecule has 0 spiro atoms. The highest BCUT2D eigenvalue weighted by Crippen LogP contribution is 2.25. The van der Waals surface area contributed by atoms with Crippen molar-refractivity contribution in [3.8, 4) is 0 Å². The quantitative estimate of drug-likeness (QED) is 0.771. The molecule has 1 aromatic rings. The molecule has 2 N–H and O–H groups in total. The van der Waals surface area contributed by atoms with Gasteiger partial charge in [-0.3, -0.25) is 4.68 Å². The van der Waals surface area contributed by atoms with Gasteiger partial charge >= 0.3 is 12.3 Å².